The standard InChI is InChI=1S/C15H21NO3/c1-11(10-16-8-2-3-9-16)14(17)12-4-6-13(7-5-12)15(18)19/h4-7,11,14,17H,2-3,8-10H2,1H3,(H,18,19)/t11-,14+/m1/s1. The summed E-state index contributed by atoms with van der Waals surface area (Å²) in [5.74, 6) is -0.792. The minimum absolute atomic E-state index is 0.147. The van der Waals surface area contributed by atoms with E-state index in [2.05, 4.69) is 4.90 Å². The second-order valence-electron chi connectivity index (χ2n) is 5.36. The highest BCUT2D eigenvalue weighted by atomic mass is 16.4. The fourth-order valence-corrected chi connectivity index (χ4v) is 2.62. The van der Waals surface area contributed by atoms with Crippen LogP contribution in [0.4, 0.5) is 0 Å². The maximum Gasteiger partial charge on any atom is 0.335 e. The molecule has 1 saturated heterocycles. The number of carboxylic acid groups (broad SMARTS) is 1. The van der Waals surface area contributed by atoms with Crippen LogP contribution in [-0.4, -0.2) is 40.7 Å². The van der Waals surface area contributed by atoms with Crippen molar-refractivity contribution >= 4 is 5.97 Å². The summed E-state index contributed by atoms with van der Waals surface area (Å²) in [5.41, 5.74) is 1.04. The van der Waals surface area contributed by atoms with Gasteiger partial charge >= 0.3 is 5.97 Å². The molecule has 0 aliphatic carbocycles. The van der Waals surface area contributed by atoms with Crippen molar-refractivity contribution in [2.45, 2.75) is 25.9 Å². The summed E-state index contributed by atoms with van der Waals surface area (Å²) in [4.78, 5) is 13.2. The number of aromatic carboxylic acids is 1. The van der Waals surface area contributed by atoms with Gasteiger partial charge in [0.2, 0.25) is 0 Å². The quantitative estimate of drug-likeness (QED) is 0.854. The summed E-state index contributed by atoms with van der Waals surface area (Å²) >= 11 is 0. The van der Waals surface area contributed by atoms with Crippen molar-refractivity contribution in [2.75, 3.05) is 19.6 Å². The fourth-order valence-electron chi connectivity index (χ4n) is 2.62. The maximum atomic E-state index is 10.8. The molecular weight excluding hydrogens is 242 g/mol. The summed E-state index contributed by atoms with van der Waals surface area (Å²) in [5, 5.41) is 19.1. The molecule has 2 rings (SSSR count). The van der Waals surface area contributed by atoms with E-state index >= 15 is 0 Å². The van der Waals surface area contributed by atoms with E-state index in [4.69, 9.17) is 5.11 Å². The second-order valence-corrected chi connectivity index (χ2v) is 5.36. The van der Waals surface area contributed by atoms with Gasteiger partial charge in [-0.15, -0.1) is 0 Å². The zero-order valence-corrected chi connectivity index (χ0v) is 11.2. The Morgan fingerprint density at radius 3 is 2.37 bits per heavy atom. The van der Waals surface area contributed by atoms with Gasteiger partial charge in [0, 0.05) is 6.54 Å². The summed E-state index contributed by atoms with van der Waals surface area (Å²) in [6.07, 6.45) is 1.95. The molecule has 4 heteroatoms. The van der Waals surface area contributed by atoms with Crippen LogP contribution in [0.15, 0.2) is 24.3 Å². The first-order valence-electron chi connectivity index (χ1n) is 6.81. The molecule has 2 N–H and O–H groups in total. The first-order valence-corrected chi connectivity index (χ1v) is 6.81. The summed E-state index contributed by atoms with van der Waals surface area (Å²) < 4.78 is 0. The van der Waals surface area contributed by atoms with Gasteiger partial charge in [-0.05, 0) is 49.5 Å². The fraction of sp³-hybridized carbons (Fsp3) is 0.533. The lowest BCUT2D eigenvalue weighted by Gasteiger charge is -2.24. The topological polar surface area (TPSA) is 60.8 Å². The Bertz CT molecular complexity index is 424. The molecule has 104 valence electrons. The molecule has 1 aliphatic heterocycles. The first kappa shape index (κ1) is 14.0. The van der Waals surface area contributed by atoms with E-state index in [9.17, 15) is 9.90 Å². The molecule has 1 heterocycles. The average Bonchev–Trinajstić information content (AvgIpc) is 2.90. The van der Waals surface area contributed by atoms with Crippen molar-refractivity contribution in [1.29, 1.82) is 0 Å². The summed E-state index contributed by atoms with van der Waals surface area (Å²) in [6.45, 7) is 5.17. The molecule has 0 aromatic heterocycles. The molecule has 0 saturated carbocycles. The number of aliphatic hydroxyl groups is 1. The van der Waals surface area contributed by atoms with Crippen LogP contribution < -0.4 is 0 Å². The predicted molar refractivity (Wildman–Crippen MR) is 73.2 cm³/mol. The molecule has 1 aromatic carbocycles. The predicted octanol–water partition coefficient (Wildman–Crippen LogP) is 2.15. The summed E-state index contributed by atoms with van der Waals surface area (Å²) in [7, 11) is 0. The number of nitrogens with zero attached hydrogens (tertiary/aromatic N) is 1. The Labute approximate surface area is 113 Å². The van der Waals surface area contributed by atoms with Gasteiger partial charge in [-0.1, -0.05) is 19.1 Å². The number of hydrogen-bond donors (Lipinski definition) is 2. The lowest BCUT2D eigenvalue weighted by atomic mass is 9.96. The zero-order valence-electron chi connectivity index (χ0n) is 11.2. The molecule has 0 bridgehead atoms. The average molecular weight is 263 g/mol. The Kier molecular flexibility index (Phi) is 4.56. The largest absolute Gasteiger partial charge is 0.478 e. The van der Waals surface area contributed by atoms with Crippen LogP contribution in [0.3, 0.4) is 0 Å². The van der Waals surface area contributed by atoms with Gasteiger partial charge in [0.1, 0.15) is 0 Å². The van der Waals surface area contributed by atoms with Gasteiger partial charge in [0.05, 0.1) is 11.7 Å². The Morgan fingerprint density at radius 2 is 1.84 bits per heavy atom. The molecule has 1 aromatic rings. The highest BCUT2D eigenvalue weighted by molar-refractivity contribution is 5.87. The van der Waals surface area contributed by atoms with Gasteiger partial charge in [-0.2, -0.15) is 0 Å². The number of aliphatic hydroxyl groups excluding tert-OH is 1. The van der Waals surface area contributed by atoms with Crippen LogP contribution in [0.25, 0.3) is 0 Å². The highest BCUT2D eigenvalue weighted by Crippen LogP contribution is 2.24. The van der Waals surface area contributed by atoms with E-state index in [0.29, 0.717) is 0 Å². The third kappa shape index (κ3) is 3.55. The van der Waals surface area contributed by atoms with Crippen molar-refractivity contribution in [3.8, 4) is 0 Å². The van der Waals surface area contributed by atoms with E-state index < -0.39 is 12.1 Å². The molecule has 19 heavy (non-hydrogen) atoms. The van der Waals surface area contributed by atoms with Crippen LogP contribution in [-0.2, 0) is 0 Å². The third-order valence-corrected chi connectivity index (χ3v) is 3.78. The number of carboxylic acids is 1. The second kappa shape index (κ2) is 6.17. The van der Waals surface area contributed by atoms with Gasteiger partial charge in [-0.3, -0.25) is 0 Å². The smallest absolute Gasteiger partial charge is 0.335 e. The van der Waals surface area contributed by atoms with E-state index in [0.717, 1.165) is 25.2 Å². The molecule has 0 amide bonds. The Hall–Kier alpha value is -1.39. The third-order valence-electron chi connectivity index (χ3n) is 3.78. The van der Waals surface area contributed by atoms with E-state index in [1.54, 1.807) is 24.3 Å². The van der Waals surface area contributed by atoms with Crippen molar-refractivity contribution in [1.82, 2.24) is 4.90 Å². The lowest BCUT2D eigenvalue weighted by molar-refractivity contribution is 0.0696. The lowest BCUT2D eigenvalue weighted by Crippen LogP contribution is -2.28. The van der Waals surface area contributed by atoms with E-state index in [1.807, 2.05) is 6.92 Å². The maximum absolute atomic E-state index is 10.8. The molecule has 0 spiro atoms. The minimum Gasteiger partial charge on any atom is -0.478 e. The number of hydrogen-bond acceptors (Lipinski definition) is 3. The Balaban J connectivity index is 1.97. The minimum atomic E-state index is -0.939. The molecule has 0 unspecified atom stereocenters. The Morgan fingerprint density at radius 1 is 1.26 bits per heavy atom. The van der Waals surface area contributed by atoms with Crippen molar-refractivity contribution in [3.05, 3.63) is 35.4 Å². The number of carbonyl (C=O) groups is 1. The van der Waals surface area contributed by atoms with Crippen LogP contribution >= 0.6 is 0 Å². The van der Waals surface area contributed by atoms with Crippen molar-refractivity contribution in [2.24, 2.45) is 5.92 Å². The highest BCUT2D eigenvalue weighted by Gasteiger charge is 2.21. The van der Waals surface area contributed by atoms with Crippen molar-refractivity contribution < 1.29 is 15.0 Å². The normalized spacial score (nSPS) is 19.3. The van der Waals surface area contributed by atoms with E-state index in [-0.39, 0.29) is 11.5 Å². The number of likely N-dealkylation sites (tertiary alicyclic amines) is 1. The number of benzene rings is 1. The van der Waals surface area contributed by atoms with Gasteiger partial charge < -0.3 is 15.1 Å². The molecule has 1 fully saturated rings. The van der Waals surface area contributed by atoms with Crippen LogP contribution in [0.2, 0.25) is 0 Å². The molecular formula is C15H21NO3. The van der Waals surface area contributed by atoms with Crippen LogP contribution in [0.5, 0.6) is 0 Å². The van der Waals surface area contributed by atoms with Gasteiger partial charge in [-0.25, -0.2) is 4.79 Å². The van der Waals surface area contributed by atoms with Gasteiger partial charge in [0.25, 0.3) is 0 Å². The van der Waals surface area contributed by atoms with Gasteiger partial charge in [0.15, 0.2) is 0 Å². The van der Waals surface area contributed by atoms with Crippen molar-refractivity contribution in [3.63, 3.8) is 0 Å². The SMILES string of the molecule is C[C@H](CN1CCCC1)[C@H](O)c1ccc(C(=O)O)cc1. The van der Waals surface area contributed by atoms with Crippen LogP contribution in [0.1, 0.15) is 41.8 Å². The molecule has 4 nitrogen and oxygen atoms in total. The summed E-state index contributed by atoms with van der Waals surface area (Å²) in [6, 6.07) is 6.50. The molecule has 0 radical (unpaired) electrons. The molecule has 2 atom stereocenters. The van der Waals surface area contributed by atoms with E-state index in [1.165, 1.54) is 12.8 Å². The van der Waals surface area contributed by atoms with Crippen LogP contribution in [0, 0.1) is 5.92 Å². The first-order chi connectivity index (χ1) is 9.08. The molecule has 1 aliphatic rings. The zero-order chi connectivity index (χ0) is 13.8. The number of rotatable bonds is 5. The monoisotopic (exact) mass is 263 g/mol.